The lowest BCUT2D eigenvalue weighted by Gasteiger charge is -2.11. The van der Waals surface area contributed by atoms with Crippen molar-refractivity contribution in [3.8, 4) is 0 Å². The number of hydrogen-bond acceptors (Lipinski definition) is 4. The van der Waals surface area contributed by atoms with Crippen molar-refractivity contribution < 1.29 is 18.3 Å². The van der Waals surface area contributed by atoms with Crippen molar-refractivity contribution in [1.29, 1.82) is 0 Å². The summed E-state index contributed by atoms with van der Waals surface area (Å²) in [6.07, 6.45) is -0.232. The normalized spacial score (nSPS) is 11.3. The Morgan fingerprint density at radius 3 is 2.76 bits per heavy atom. The second-order valence-electron chi connectivity index (χ2n) is 4.30. The third-order valence-electron chi connectivity index (χ3n) is 2.81. The summed E-state index contributed by atoms with van der Waals surface area (Å²) in [6, 6.07) is 6.15. The van der Waals surface area contributed by atoms with E-state index >= 15 is 0 Å². The minimum atomic E-state index is -3.82. The van der Waals surface area contributed by atoms with Crippen LogP contribution >= 0.6 is 22.9 Å². The van der Waals surface area contributed by atoms with Crippen molar-refractivity contribution in [3.05, 3.63) is 45.1 Å². The summed E-state index contributed by atoms with van der Waals surface area (Å²) in [6.45, 7) is 1.61. The van der Waals surface area contributed by atoms with E-state index in [-0.39, 0.29) is 17.0 Å². The molecule has 0 fully saturated rings. The van der Waals surface area contributed by atoms with Crippen LogP contribution in [0.15, 0.2) is 34.5 Å². The molecule has 0 aliphatic heterocycles. The Labute approximate surface area is 131 Å². The van der Waals surface area contributed by atoms with Crippen LogP contribution in [0.5, 0.6) is 0 Å². The van der Waals surface area contributed by atoms with Crippen LogP contribution in [0.3, 0.4) is 0 Å². The fourth-order valence-electron chi connectivity index (χ4n) is 1.78. The predicted molar refractivity (Wildman–Crippen MR) is 82.7 cm³/mol. The quantitative estimate of drug-likeness (QED) is 0.872. The largest absolute Gasteiger partial charge is 0.481 e. The van der Waals surface area contributed by atoms with E-state index in [2.05, 4.69) is 4.72 Å². The highest BCUT2D eigenvalue weighted by Gasteiger charge is 2.20. The summed E-state index contributed by atoms with van der Waals surface area (Å²) in [5, 5.41) is 10.8. The van der Waals surface area contributed by atoms with Crippen molar-refractivity contribution in [3.63, 3.8) is 0 Å². The molecule has 1 heterocycles. The first-order chi connectivity index (χ1) is 9.81. The lowest BCUT2D eigenvalue weighted by atomic mass is 10.2. The molecule has 0 spiro atoms. The number of thiophene rings is 1. The second kappa shape index (κ2) is 6.05. The molecule has 112 valence electrons. The number of benzene rings is 1. The lowest BCUT2D eigenvalue weighted by molar-refractivity contribution is -0.136. The molecule has 0 atom stereocenters. The Morgan fingerprint density at radius 2 is 2.10 bits per heavy atom. The van der Waals surface area contributed by atoms with Gasteiger partial charge in [-0.05, 0) is 36.1 Å². The first-order valence-electron chi connectivity index (χ1n) is 5.87. The summed E-state index contributed by atoms with van der Waals surface area (Å²) in [7, 11) is -3.82. The van der Waals surface area contributed by atoms with Crippen LogP contribution in [0.4, 0.5) is 5.69 Å². The van der Waals surface area contributed by atoms with Crippen molar-refractivity contribution >= 4 is 44.6 Å². The monoisotopic (exact) mass is 345 g/mol. The van der Waals surface area contributed by atoms with E-state index in [1.807, 2.05) is 0 Å². The smallest absolute Gasteiger partial charge is 0.308 e. The van der Waals surface area contributed by atoms with Gasteiger partial charge in [-0.3, -0.25) is 9.52 Å². The maximum atomic E-state index is 12.4. The molecule has 0 aliphatic rings. The number of anilines is 1. The Kier molecular flexibility index (Phi) is 4.55. The van der Waals surface area contributed by atoms with Crippen LogP contribution in [-0.4, -0.2) is 19.5 Å². The summed E-state index contributed by atoms with van der Waals surface area (Å²) >= 11 is 7.12. The predicted octanol–water partition coefficient (Wildman–Crippen LogP) is 3.14. The minimum absolute atomic E-state index is 0.0717. The van der Waals surface area contributed by atoms with E-state index in [0.29, 0.717) is 15.5 Å². The molecular weight excluding hydrogens is 334 g/mol. The van der Waals surface area contributed by atoms with Gasteiger partial charge in [-0.2, -0.15) is 0 Å². The number of carboxylic acid groups (broad SMARTS) is 1. The standard InChI is InChI=1S/C13H12ClNO4S2/c1-8-9(14)3-2-4-12(8)21(18,19)15-10-5-6-20-11(10)7-13(16)17/h2-6,15H,7H2,1H3,(H,16,17). The maximum absolute atomic E-state index is 12.4. The molecule has 1 aromatic heterocycles. The van der Waals surface area contributed by atoms with Crippen LogP contribution in [0.1, 0.15) is 10.4 Å². The van der Waals surface area contributed by atoms with Gasteiger partial charge in [-0.15, -0.1) is 11.3 Å². The molecule has 0 bridgehead atoms. The van der Waals surface area contributed by atoms with E-state index in [1.54, 1.807) is 30.5 Å². The van der Waals surface area contributed by atoms with Crippen LogP contribution in [-0.2, 0) is 21.2 Å². The maximum Gasteiger partial charge on any atom is 0.308 e. The van der Waals surface area contributed by atoms with Gasteiger partial charge in [0.2, 0.25) is 0 Å². The van der Waals surface area contributed by atoms with E-state index in [1.165, 1.54) is 17.4 Å². The number of aliphatic carboxylic acids is 1. The van der Waals surface area contributed by atoms with Gasteiger partial charge in [0, 0.05) is 9.90 Å². The van der Waals surface area contributed by atoms with Crippen molar-refractivity contribution in [2.75, 3.05) is 4.72 Å². The summed E-state index contributed by atoms with van der Waals surface area (Å²) in [5.41, 5.74) is 0.725. The second-order valence-corrected chi connectivity index (χ2v) is 7.36. The summed E-state index contributed by atoms with van der Waals surface area (Å²) in [5.74, 6) is -1.02. The molecule has 2 rings (SSSR count). The molecule has 1 aromatic carbocycles. The van der Waals surface area contributed by atoms with Crippen LogP contribution in [0, 0.1) is 6.92 Å². The van der Waals surface area contributed by atoms with Crippen LogP contribution in [0.25, 0.3) is 0 Å². The number of rotatable bonds is 5. The third kappa shape index (κ3) is 3.55. The average molecular weight is 346 g/mol. The first kappa shape index (κ1) is 15.8. The molecule has 0 radical (unpaired) electrons. The molecule has 0 saturated carbocycles. The molecular formula is C13H12ClNO4S2. The summed E-state index contributed by atoms with van der Waals surface area (Å²) < 4.78 is 27.2. The highest BCUT2D eigenvalue weighted by atomic mass is 35.5. The molecule has 5 nitrogen and oxygen atoms in total. The number of hydrogen-bond donors (Lipinski definition) is 2. The Balaban J connectivity index is 2.36. The van der Waals surface area contributed by atoms with Gasteiger partial charge in [0.15, 0.2) is 0 Å². The SMILES string of the molecule is Cc1c(Cl)cccc1S(=O)(=O)Nc1ccsc1CC(=O)O. The zero-order valence-electron chi connectivity index (χ0n) is 11.0. The van der Waals surface area contributed by atoms with E-state index < -0.39 is 16.0 Å². The Bertz CT molecular complexity index is 783. The van der Waals surface area contributed by atoms with Crippen LogP contribution in [0.2, 0.25) is 5.02 Å². The number of halogens is 1. The van der Waals surface area contributed by atoms with Gasteiger partial charge in [0.05, 0.1) is 17.0 Å². The van der Waals surface area contributed by atoms with Gasteiger partial charge in [-0.1, -0.05) is 17.7 Å². The van der Waals surface area contributed by atoms with E-state index in [4.69, 9.17) is 16.7 Å². The molecule has 0 aliphatic carbocycles. The topological polar surface area (TPSA) is 83.5 Å². The minimum Gasteiger partial charge on any atom is -0.481 e. The zero-order valence-corrected chi connectivity index (χ0v) is 13.3. The van der Waals surface area contributed by atoms with E-state index in [9.17, 15) is 13.2 Å². The average Bonchev–Trinajstić information content (AvgIpc) is 2.78. The fourth-order valence-corrected chi connectivity index (χ4v) is 4.26. The molecule has 21 heavy (non-hydrogen) atoms. The molecule has 2 N–H and O–H groups in total. The number of carbonyl (C=O) groups is 1. The number of carboxylic acids is 1. The molecule has 0 amide bonds. The fraction of sp³-hybridized carbons (Fsp3) is 0.154. The lowest BCUT2D eigenvalue weighted by Crippen LogP contribution is -2.15. The molecule has 2 aromatic rings. The van der Waals surface area contributed by atoms with Gasteiger partial charge >= 0.3 is 5.97 Å². The van der Waals surface area contributed by atoms with Gasteiger partial charge in [0.25, 0.3) is 10.0 Å². The van der Waals surface area contributed by atoms with Crippen molar-refractivity contribution in [2.24, 2.45) is 0 Å². The molecule has 8 heteroatoms. The molecule has 0 saturated heterocycles. The van der Waals surface area contributed by atoms with E-state index in [0.717, 1.165) is 0 Å². The zero-order chi connectivity index (χ0) is 15.6. The highest BCUT2D eigenvalue weighted by molar-refractivity contribution is 7.92. The van der Waals surface area contributed by atoms with Crippen molar-refractivity contribution in [1.82, 2.24) is 0 Å². The molecule has 0 unspecified atom stereocenters. The summed E-state index contributed by atoms with van der Waals surface area (Å²) in [4.78, 5) is 11.3. The number of sulfonamides is 1. The van der Waals surface area contributed by atoms with Crippen LogP contribution < -0.4 is 4.72 Å². The Morgan fingerprint density at radius 1 is 1.38 bits per heavy atom. The highest BCUT2D eigenvalue weighted by Crippen LogP contribution is 2.28. The van der Waals surface area contributed by atoms with Gasteiger partial charge in [0.1, 0.15) is 0 Å². The number of nitrogens with one attached hydrogen (secondary N) is 1. The van der Waals surface area contributed by atoms with Gasteiger partial charge < -0.3 is 5.11 Å². The first-order valence-corrected chi connectivity index (χ1v) is 8.61. The third-order valence-corrected chi connectivity index (χ3v) is 5.65. The van der Waals surface area contributed by atoms with Crippen molar-refractivity contribution in [2.45, 2.75) is 18.2 Å². The Hall–Kier alpha value is -1.57. The van der Waals surface area contributed by atoms with Gasteiger partial charge in [-0.25, -0.2) is 8.42 Å².